The largest absolute Gasteiger partial charge is 0.480 e. The number of imidazole rings is 1. The Morgan fingerprint density at radius 3 is 2.77 bits per heavy atom. The molecule has 9 nitrogen and oxygen atoms in total. The van der Waals surface area contributed by atoms with Gasteiger partial charge in [-0.05, 0) is 6.07 Å². The van der Waals surface area contributed by atoms with Crippen molar-refractivity contribution in [3.05, 3.63) is 24.7 Å². The van der Waals surface area contributed by atoms with Crippen LogP contribution in [0.25, 0.3) is 16.9 Å². The van der Waals surface area contributed by atoms with E-state index in [1.54, 1.807) is 34.1 Å². The molecule has 10 heteroatoms. The van der Waals surface area contributed by atoms with Crippen molar-refractivity contribution in [1.29, 1.82) is 0 Å². The molecule has 0 amide bonds. The molecule has 0 bridgehead atoms. The highest BCUT2D eigenvalue weighted by Gasteiger charge is 2.44. The average molecular weight is 360 g/mol. The molecule has 0 spiro atoms. The molecule has 4 heterocycles. The standard InChI is InChI=1S/C16H17FN6O3/c1-25-14-10(6-19-15(20-14)26-2)11-5-12(13-18-3-4-23(13)21-11)22-7-16(17,8-22)9-24/h3-6,24H,7-9H2,1-2H3. The Morgan fingerprint density at radius 2 is 2.08 bits per heavy atom. The van der Waals surface area contributed by atoms with Crippen molar-refractivity contribution < 1.29 is 19.0 Å². The highest BCUT2D eigenvalue weighted by molar-refractivity contribution is 5.77. The summed E-state index contributed by atoms with van der Waals surface area (Å²) in [4.78, 5) is 14.4. The average Bonchev–Trinajstić information content (AvgIpc) is 3.12. The number of hydrogen-bond acceptors (Lipinski definition) is 8. The van der Waals surface area contributed by atoms with Crippen LogP contribution in [-0.2, 0) is 0 Å². The summed E-state index contributed by atoms with van der Waals surface area (Å²) >= 11 is 0. The molecule has 1 aliphatic rings. The highest BCUT2D eigenvalue weighted by Crippen LogP contribution is 2.36. The minimum absolute atomic E-state index is 0.0890. The summed E-state index contributed by atoms with van der Waals surface area (Å²) in [6.45, 7) is -0.330. The van der Waals surface area contributed by atoms with Crippen LogP contribution in [0.3, 0.4) is 0 Å². The van der Waals surface area contributed by atoms with Gasteiger partial charge in [0.25, 0.3) is 0 Å². The Bertz CT molecular complexity index is 956. The maximum absolute atomic E-state index is 14.1. The number of hydrogen-bond donors (Lipinski definition) is 1. The van der Waals surface area contributed by atoms with Crippen LogP contribution in [-0.4, -0.2) is 69.3 Å². The van der Waals surface area contributed by atoms with E-state index in [0.29, 0.717) is 28.5 Å². The summed E-state index contributed by atoms with van der Waals surface area (Å²) in [5, 5.41) is 13.7. The van der Waals surface area contributed by atoms with Gasteiger partial charge in [0.2, 0.25) is 5.88 Å². The number of fused-ring (bicyclic) bond motifs is 1. The summed E-state index contributed by atoms with van der Waals surface area (Å²) in [6.07, 6.45) is 4.88. The summed E-state index contributed by atoms with van der Waals surface area (Å²) in [5.74, 6) is 0.313. The van der Waals surface area contributed by atoms with Crippen molar-refractivity contribution in [2.24, 2.45) is 0 Å². The van der Waals surface area contributed by atoms with Crippen LogP contribution in [0.1, 0.15) is 0 Å². The van der Waals surface area contributed by atoms with E-state index in [-0.39, 0.29) is 19.1 Å². The first-order valence-corrected chi connectivity index (χ1v) is 7.91. The fraction of sp³-hybridized carbons (Fsp3) is 0.375. The van der Waals surface area contributed by atoms with Crippen LogP contribution < -0.4 is 14.4 Å². The number of aliphatic hydroxyl groups is 1. The molecule has 1 aliphatic heterocycles. The van der Waals surface area contributed by atoms with Crippen LogP contribution in [0.15, 0.2) is 24.7 Å². The van der Waals surface area contributed by atoms with E-state index in [2.05, 4.69) is 20.1 Å². The molecule has 1 saturated heterocycles. The van der Waals surface area contributed by atoms with E-state index in [0.717, 1.165) is 0 Å². The molecule has 0 saturated carbocycles. The minimum Gasteiger partial charge on any atom is -0.480 e. The molecule has 1 fully saturated rings. The fourth-order valence-corrected chi connectivity index (χ4v) is 2.95. The molecule has 3 aromatic rings. The number of ether oxygens (including phenoxy) is 2. The molecule has 136 valence electrons. The lowest BCUT2D eigenvalue weighted by atomic mass is 9.96. The van der Waals surface area contributed by atoms with Crippen LogP contribution in [0.5, 0.6) is 11.9 Å². The normalized spacial score (nSPS) is 15.8. The zero-order chi connectivity index (χ0) is 18.3. The quantitative estimate of drug-likeness (QED) is 0.711. The molecule has 0 aromatic carbocycles. The van der Waals surface area contributed by atoms with Crippen molar-refractivity contribution in [3.63, 3.8) is 0 Å². The molecule has 26 heavy (non-hydrogen) atoms. The predicted octanol–water partition coefficient (Wildman–Crippen LogP) is 0.724. The van der Waals surface area contributed by atoms with Crippen molar-refractivity contribution in [2.45, 2.75) is 5.67 Å². The summed E-state index contributed by atoms with van der Waals surface area (Å²) in [5.41, 5.74) is 0.833. The van der Waals surface area contributed by atoms with Gasteiger partial charge >= 0.3 is 6.01 Å². The Labute approximate surface area is 148 Å². The van der Waals surface area contributed by atoms with Crippen LogP contribution in [0.2, 0.25) is 0 Å². The Hall–Kier alpha value is -3.01. The lowest BCUT2D eigenvalue weighted by molar-refractivity contribution is 0.0445. The number of halogens is 1. The van der Waals surface area contributed by atoms with Crippen molar-refractivity contribution in [2.75, 3.05) is 38.8 Å². The second kappa shape index (κ2) is 6.06. The van der Waals surface area contributed by atoms with Gasteiger partial charge in [0.1, 0.15) is 5.69 Å². The van der Waals surface area contributed by atoms with E-state index >= 15 is 0 Å². The third kappa shape index (κ3) is 2.58. The number of alkyl halides is 1. The molecule has 1 N–H and O–H groups in total. The fourth-order valence-electron chi connectivity index (χ4n) is 2.95. The van der Waals surface area contributed by atoms with Gasteiger partial charge in [-0.1, -0.05) is 0 Å². The lowest BCUT2D eigenvalue weighted by Gasteiger charge is -2.44. The monoisotopic (exact) mass is 360 g/mol. The third-order valence-electron chi connectivity index (χ3n) is 4.30. The van der Waals surface area contributed by atoms with Crippen molar-refractivity contribution in [3.8, 4) is 23.1 Å². The number of anilines is 1. The molecule has 0 unspecified atom stereocenters. The molecular weight excluding hydrogens is 343 g/mol. The zero-order valence-electron chi connectivity index (χ0n) is 14.3. The molecule has 3 aromatic heterocycles. The van der Waals surface area contributed by atoms with E-state index in [4.69, 9.17) is 14.6 Å². The number of aliphatic hydroxyl groups excluding tert-OH is 1. The predicted molar refractivity (Wildman–Crippen MR) is 90.3 cm³/mol. The SMILES string of the molecule is COc1ncc(-c2cc(N3CC(F)(CO)C3)c3nccn3n2)c(OC)n1. The lowest BCUT2D eigenvalue weighted by Crippen LogP contribution is -2.61. The van der Waals surface area contributed by atoms with Gasteiger partial charge in [-0.25, -0.2) is 18.9 Å². The maximum Gasteiger partial charge on any atom is 0.319 e. The first-order chi connectivity index (χ1) is 12.6. The Balaban J connectivity index is 1.80. The molecule has 0 aliphatic carbocycles. The van der Waals surface area contributed by atoms with Gasteiger partial charge in [0, 0.05) is 18.6 Å². The smallest absolute Gasteiger partial charge is 0.319 e. The van der Waals surface area contributed by atoms with Crippen LogP contribution in [0.4, 0.5) is 10.1 Å². The topological polar surface area (TPSA) is 97.9 Å². The van der Waals surface area contributed by atoms with Gasteiger partial charge in [0.15, 0.2) is 11.3 Å². The summed E-state index contributed by atoms with van der Waals surface area (Å²) in [6, 6.07) is 1.97. The van der Waals surface area contributed by atoms with E-state index in [1.807, 2.05) is 0 Å². The van der Waals surface area contributed by atoms with Gasteiger partial charge in [-0.15, -0.1) is 0 Å². The second-order valence-electron chi connectivity index (χ2n) is 6.05. The highest BCUT2D eigenvalue weighted by atomic mass is 19.1. The van der Waals surface area contributed by atoms with Crippen LogP contribution in [0, 0.1) is 0 Å². The van der Waals surface area contributed by atoms with Gasteiger partial charge in [-0.3, -0.25) is 0 Å². The van der Waals surface area contributed by atoms with E-state index < -0.39 is 12.3 Å². The van der Waals surface area contributed by atoms with Crippen LogP contribution >= 0.6 is 0 Å². The van der Waals surface area contributed by atoms with Gasteiger partial charge in [-0.2, -0.15) is 10.1 Å². The molecule has 0 radical (unpaired) electrons. The second-order valence-corrected chi connectivity index (χ2v) is 6.05. The first kappa shape index (κ1) is 16.5. The van der Waals surface area contributed by atoms with Crippen molar-refractivity contribution >= 4 is 11.3 Å². The zero-order valence-corrected chi connectivity index (χ0v) is 14.3. The number of rotatable bonds is 5. The summed E-state index contributed by atoms with van der Waals surface area (Å²) < 4.78 is 26.1. The first-order valence-electron chi connectivity index (χ1n) is 7.91. The van der Waals surface area contributed by atoms with Gasteiger partial charge in [0.05, 0.1) is 45.2 Å². The number of aromatic nitrogens is 5. The minimum atomic E-state index is -1.59. The Morgan fingerprint density at radius 1 is 1.27 bits per heavy atom. The molecule has 4 rings (SSSR count). The van der Waals surface area contributed by atoms with Crippen molar-refractivity contribution in [1.82, 2.24) is 24.6 Å². The third-order valence-corrected chi connectivity index (χ3v) is 4.30. The summed E-state index contributed by atoms with van der Waals surface area (Å²) in [7, 11) is 2.96. The molecular formula is C16H17FN6O3. The van der Waals surface area contributed by atoms with E-state index in [9.17, 15) is 4.39 Å². The number of methoxy groups -OCH3 is 2. The van der Waals surface area contributed by atoms with E-state index in [1.165, 1.54) is 14.2 Å². The molecule has 0 atom stereocenters. The number of nitrogens with zero attached hydrogens (tertiary/aromatic N) is 6. The maximum atomic E-state index is 14.1. The Kier molecular flexibility index (Phi) is 3.83. The van der Waals surface area contributed by atoms with Gasteiger partial charge < -0.3 is 19.5 Å².